The van der Waals surface area contributed by atoms with E-state index in [0.717, 1.165) is 37.7 Å². The van der Waals surface area contributed by atoms with E-state index in [1.165, 1.54) is 6.20 Å². The molecule has 6 nitrogen and oxygen atoms in total. The summed E-state index contributed by atoms with van der Waals surface area (Å²) in [6.45, 7) is 5.12. The standard InChI is InChI=1S/C18H20FN5OS/c1-2-8-20-17(26-19)16-7-9-21-18(23-16)22-14-3-5-15(6-4-14)24-10-12-25-13-11-24/h2-9H,10-13H2,1H3,(H,21,22,23)/b8-2+,20-17?. The number of anilines is 3. The first-order valence-corrected chi connectivity index (χ1v) is 9.02. The molecule has 1 aromatic heterocycles. The third-order valence-corrected chi connectivity index (χ3v) is 4.25. The van der Waals surface area contributed by atoms with E-state index >= 15 is 0 Å². The van der Waals surface area contributed by atoms with E-state index in [0.29, 0.717) is 11.6 Å². The molecule has 0 aliphatic carbocycles. The molecule has 0 amide bonds. The van der Waals surface area contributed by atoms with E-state index in [1.54, 1.807) is 18.3 Å². The zero-order valence-corrected chi connectivity index (χ0v) is 15.2. The first kappa shape index (κ1) is 18.3. The highest BCUT2D eigenvalue weighted by molar-refractivity contribution is 8.10. The predicted molar refractivity (Wildman–Crippen MR) is 105 cm³/mol. The molecule has 0 saturated carbocycles. The minimum atomic E-state index is 0.0607. The normalized spacial score (nSPS) is 15.5. The van der Waals surface area contributed by atoms with Crippen LogP contribution >= 0.6 is 12.1 Å². The fraction of sp³-hybridized carbons (Fsp3) is 0.278. The van der Waals surface area contributed by atoms with Crippen LogP contribution in [-0.2, 0) is 4.74 Å². The topological polar surface area (TPSA) is 62.6 Å². The highest BCUT2D eigenvalue weighted by Crippen LogP contribution is 2.21. The number of allylic oxidation sites excluding steroid dienone is 1. The van der Waals surface area contributed by atoms with Crippen molar-refractivity contribution in [1.82, 2.24) is 9.97 Å². The summed E-state index contributed by atoms with van der Waals surface area (Å²) in [7, 11) is 0. The van der Waals surface area contributed by atoms with Gasteiger partial charge < -0.3 is 15.0 Å². The third-order valence-electron chi connectivity index (χ3n) is 3.79. The number of aliphatic imine (C=N–C) groups is 1. The van der Waals surface area contributed by atoms with Gasteiger partial charge in [0.05, 0.1) is 13.2 Å². The Morgan fingerprint density at radius 2 is 2.04 bits per heavy atom. The Kier molecular flexibility index (Phi) is 6.56. The summed E-state index contributed by atoms with van der Waals surface area (Å²) in [5.41, 5.74) is 2.44. The lowest BCUT2D eigenvalue weighted by molar-refractivity contribution is 0.122. The fourth-order valence-electron chi connectivity index (χ4n) is 2.51. The lowest BCUT2D eigenvalue weighted by Crippen LogP contribution is -2.36. The van der Waals surface area contributed by atoms with Gasteiger partial charge >= 0.3 is 0 Å². The summed E-state index contributed by atoms with van der Waals surface area (Å²) in [6.07, 6.45) is 4.84. The van der Waals surface area contributed by atoms with Crippen LogP contribution in [-0.4, -0.2) is 41.3 Å². The van der Waals surface area contributed by atoms with E-state index in [2.05, 4.69) is 25.2 Å². The van der Waals surface area contributed by atoms with Crippen LogP contribution in [0.2, 0.25) is 0 Å². The summed E-state index contributed by atoms with van der Waals surface area (Å²) in [6, 6.07) is 9.67. The number of aromatic nitrogens is 2. The zero-order chi connectivity index (χ0) is 18.2. The van der Waals surface area contributed by atoms with Gasteiger partial charge in [0.2, 0.25) is 5.95 Å². The van der Waals surface area contributed by atoms with Crippen LogP contribution in [0.25, 0.3) is 0 Å². The van der Waals surface area contributed by atoms with Crippen molar-refractivity contribution in [3.8, 4) is 0 Å². The Morgan fingerprint density at radius 1 is 1.27 bits per heavy atom. The number of morpholine rings is 1. The molecule has 8 heteroatoms. The van der Waals surface area contributed by atoms with Gasteiger partial charge in [-0.25, -0.2) is 15.0 Å². The van der Waals surface area contributed by atoms with E-state index < -0.39 is 0 Å². The molecule has 2 heterocycles. The summed E-state index contributed by atoms with van der Waals surface area (Å²) in [5.74, 6) is 0.392. The number of nitrogens with one attached hydrogen (secondary N) is 1. The number of ether oxygens (including phenoxy) is 1. The van der Waals surface area contributed by atoms with Crippen molar-refractivity contribution in [2.75, 3.05) is 36.5 Å². The van der Waals surface area contributed by atoms with Gasteiger partial charge in [-0.3, -0.25) is 0 Å². The molecular weight excluding hydrogens is 353 g/mol. The van der Waals surface area contributed by atoms with Crippen LogP contribution in [0.1, 0.15) is 12.6 Å². The van der Waals surface area contributed by atoms with Crippen LogP contribution < -0.4 is 10.2 Å². The Labute approximate surface area is 156 Å². The molecule has 1 aliphatic heterocycles. The number of benzene rings is 1. The molecule has 0 atom stereocenters. The van der Waals surface area contributed by atoms with Gasteiger partial charge in [-0.1, -0.05) is 6.08 Å². The summed E-state index contributed by atoms with van der Waals surface area (Å²) in [5, 5.41) is 3.33. The van der Waals surface area contributed by atoms with Crippen molar-refractivity contribution in [1.29, 1.82) is 0 Å². The predicted octanol–water partition coefficient (Wildman–Crippen LogP) is 3.95. The lowest BCUT2D eigenvalue weighted by atomic mass is 10.2. The third kappa shape index (κ3) is 4.80. The van der Waals surface area contributed by atoms with Gasteiger partial charge in [-0.2, -0.15) is 3.89 Å². The Balaban J connectivity index is 1.71. The second kappa shape index (κ2) is 9.30. The van der Waals surface area contributed by atoms with Gasteiger partial charge in [-0.15, -0.1) is 0 Å². The smallest absolute Gasteiger partial charge is 0.227 e. The van der Waals surface area contributed by atoms with E-state index in [9.17, 15) is 3.89 Å². The molecule has 1 fully saturated rings. The molecule has 1 N–H and O–H groups in total. The maximum atomic E-state index is 13.1. The minimum absolute atomic E-state index is 0.0607. The molecule has 0 bridgehead atoms. The number of halogens is 1. The van der Waals surface area contributed by atoms with Gasteiger partial charge in [0.25, 0.3) is 0 Å². The molecule has 136 valence electrons. The van der Waals surface area contributed by atoms with Crippen molar-refractivity contribution < 1.29 is 8.62 Å². The Bertz CT molecular complexity index is 775. The van der Waals surface area contributed by atoms with Gasteiger partial charge in [0.15, 0.2) is 5.04 Å². The quantitative estimate of drug-likeness (QED) is 0.632. The highest BCUT2D eigenvalue weighted by atomic mass is 32.2. The van der Waals surface area contributed by atoms with Gasteiger partial charge in [0.1, 0.15) is 17.8 Å². The molecule has 1 aliphatic rings. The largest absolute Gasteiger partial charge is 0.378 e. The van der Waals surface area contributed by atoms with E-state index in [1.807, 2.05) is 31.2 Å². The molecule has 0 spiro atoms. The van der Waals surface area contributed by atoms with Crippen LogP contribution in [0.3, 0.4) is 0 Å². The SMILES string of the molecule is C/C=C/N=C(SF)c1ccnc(Nc2ccc(N3CCOCC3)cc2)n1. The van der Waals surface area contributed by atoms with Crippen molar-refractivity contribution in [3.63, 3.8) is 0 Å². The van der Waals surface area contributed by atoms with Crippen molar-refractivity contribution >= 4 is 34.5 Å². The van der Waals surface area contributed by atoms with Crippen LogP contribution in [0, 0.1) is 0 Å². The lowest BCUT2D eigenvalue weighted by Gasteiger charge is -2.28. The minimum Gasteiger partial charge on any atom is -0.378 e. The number of hydrogen-bond donors (Lipinski definition) is 1. The highest BCUT2D eigenvalue weighted by Gasteiger charge is 2.11. The molecule has 0 unspecified atom stereocenters. The Hall–Kier alpha value is -2.45. The van der Waals surface area contributed by atoms with Crippen LogP contribution in [0.4, 0.5) is 21.2 Å². The second-order valence-electron chi connectivity index (χ2n) is 5.53. The maximum Gasteiger partial charge on any atom is 0.227 e. The zero-order valence-electron chi connectivity index (χ0n) is 14.4. The monoisotopic (exact) mass is 373 g/mol. The van der Waals surface area contributed by atoms with Crippen LogP contribution in [0.5, 0.6) is 0 Å². The van der Waals surface area contributed by atoms with Crippen molar-refractivity contribution in [2.45, 2.75) is 6.92 Å². The van der Waals surface area contributed by atoms with Crippen molar-refractivity contribution in [3.05, 3.63) is 54.5 Å². The molecule has 1 saturated heterocycles. The molecule has 2 aromatic rings. The van der Waals surface area contributed by atoms with Crippen LogP contribution in [0.15, 0.2) is 53.8 Å². The molecule has 1 aromatic carbocycles. The van der Waals surface area contributed by atoms with Gasteiger partial charge in [-0.05, 0) is 37.3 Å². The van der Waals surface area contributed by atoms with E-state index in [4.69, 9.17) is 4.74 Å². The molecular formula is C18H20FN5OS. The average molecular weight is 373 g/mol. The van der Waals surface area contributed by atoms with E-state index in [-0.39, 0.29) is 17.2 Å². The summed E-state index contributed by atoms with van der Waals surface area (Å²) in [4.78, 5) is 14.8. The first-order chi connectivity index (χ1) is 12.8. The molecule has 26 heavy (non-hydrogen) atoms. The number of nitrogens with zero attached hydrogens (tertiary/aromatic N) is 4. The molecule has 3 rings (SSSR count). The molecule has 0 radical (unpaired) electrons. The summed E-state index contributed by atoms with van der Waals surface area (Å²) < 4.78 is 18.5. The summed E-state index contributed by atoms with van der Waals surface area (Å²) >= 11 is 0.0607. The van der Waals surface area contributed by atoms with Crippen molar-refractivity contribution in [2.24, 2.45) is 4.99 Å². The Morgan fingerprint density at radius 3 is 2.73 bits per heavy atom. The number of hydrogen-bond acceptors (Lipinski definition) is 7. The van der Waals surface area contributed by atoms with Gasteiger partial charge in [0, 0.05) is 36.9 Å². The second-order valence-corrected chi connectivity index (χ2v) is 6.07. The number of rotatable bonds is 5. The average Bonchev–Trinajstić information content (AvgIpc) is 2.70. The first-order valence-electron chi connectivity index (χ1n) is 8.31. The fourth-order valence-corrected chi connectivity index (χ4v) is 2.81. The maximum absolute atomic E-state index is 13.1.